The van der Waals surface area contributed by atoms with Crippen molar-refractivity contribution in [2.24, 2.45) is 0 Å². The van der Waals surface area contributed by atoms with Crippen LogP contribution >= 0.6 is 0 Å². The monoisotopic (exact) mass is 267 g/mol. The van der Waals surface area contributed by atoms with Gasteiger partial charge in [0.1, 0.15) is 5.76 Å². The van der Waals surface area contributed by atoms with Crippen LogP contribution in [0.3, 0.4) is 0 Å². The molecule has 4 heteroatoms. The van der Waals surface area contributed by atoms with Crippen LogP contribution in [0.1, 0.15) is 32.1 Å². The molecule has 0 saturated carbocycles. The molecule has 0 bridgehead atoms. The Morgan fingerprint density at radius 1 is 1.16 bits per heavy atom. The van der Waals surface area contributed by atoms with Crippen LogP contribution in [0.4, 0.5) is 0 Å². The maximum absolute atomic E-state index is 5.61. The SMILES string of the molecule is CN(C)CCN(C)Cc1cc(CNC(C)(C)C)co1. The molecular formula is C15H29N3O. The highest BCUT2D eigenvalue weighted by molar-refractivity contribution is 5.12. The minimum Gasteiger partial charge on any atom is -0.468 e. The van der Waals surface area contributed by atoms with Gasteiger partial charge < -0.3 is 14.6 Å². The van der Waals surface area contributed by atoms with Gasteiger partial charge in [0.25, 0.3) is 0 Å². The van der Waals surface area contributed by atoms with Crippen molar-refractivity contribution < 1.29 is 4.42 Å². The summed E-state index contributed by atoms with van der Waals surface area (Å²) in [5.41, 5.74) is 1.35. The largest absolute Gasteiger partial charge is 0.468 e. The van der Waals surface area contributed by atoms with Gasteiger partial charge >= 0.3 is 0 Å². The van der Waals surface area contributed by atoms with E-state index in [2.05, 4.69) is 63.1 Å². The molecule has 1 aromatic rings. The minimum atomic E-state index is 0.139. The van der Waals surface area contributed by atoms with Crippen LogP contribution in [0.15, 0.2) is 16.7 Å². The molecule has 0 saturated heterocycles. The van der Waals surface area contributed by atoms with Gasteiger partial charge in [-0.1, -0.05) is 0 Å². The summed E-state index contributed by atoms with van der Waals surface area (Å²) in [7, 11) is 6.31. The highest BCUT2D eigenvalue weighted by Crippen LogP contribution is 2.11. The number of nitrogens with zero attached hydrogens (tertiary/aromatic N) is 2. The lowest BCUT2D eigenvalue weighted by Gasteiger charge is -2.19. The maximum Gasteiger partial charge on any atom is 0.118 e. The molecule has 19 heavy (non-hydrogen) atoms. The van der Waals surface area contributed by atoms with Crippen LogP contribution in [0.5, 0.6) is 0 Å². The average Bonchev–Trinajstić information content (AvgIpc) is 2.70. The third-order valence-corrected chi connectivity index (χ3v) is 2.89. The number of hydrogen-bond acceptors (Lipinski definition) is 4. The molecule has 0 aliphatic heterocycles. The molecule has 0 unspecified atom stereocenters. The second-order valence-electron chi connectivity index (χ2n) is 6.57. The van der Waals surface area contributed by atoms with Gasteiger partial charge in [-0.25, -0.2) is 0 Å². The second-order valence-corrected chi connectivity index (χ2v) is 6.57. The van der Waals surface area contributed by atoms with E-state index >= 15 is 0 Å². The van der Waals surface area contributed by atoms with Crippen molar-refractivity contribution in [3.05, 3.63) is 23.7 Å². The fraction of sp³-hybridized carbons (Fsp3) is 0.733. The molecule has 0 atom stereocenters. The molecule has 0 aliphatic carbocycles. The lowest BCUT2D eigenvalue weighted by Crippen LogP contribution is -2.34. The summed E-state index contributed by atoms with van der Waals surface area (Å²) >= 11 is 0. The van der Waals surface area contributed by atoms with E-state index in [9.17, 15) is 0 Å². The second kappa shape index (κ2) is 7.08. The smallest absolute Gasteiger partial charge is 0.118 e. The standard InChI is InChI=1S/C15H29N3O/c1-15(2,3)16-10-13-9-14(19-12-13)11-18(6)8-7-17(4)5/h9,12,16H,7-8,10-11H2,1-6H3. The molecule has 0 amide bonds. The van der Waals surface area contributed by atoms with Crippen LogP contribution in [0, 0.1) is 0 Å². The molecule has 0 aromatic carbocycles. The number of likely N-dealkylation sites (N-methyl/N-ethyl adjacent to an activating group) is 2. The van der Waals surface area contributed by atoms with Crippen LogP contribution in [0.25, 0.3) is 0 Å². The van der Waals surface area contributed by atoms with E-state index in [1.807, 2.05) is 6.26 Å². The molecule has 1 N–H and O–H groups in total. The predicted molar refractivity (Wildman–Crippen MR) is 80.2 cm³/mol. The summed E-state index contributed by atoms with van der Waals surface area (Å²) in [5, 5.41) is 3.46. The van der Waals surface area contributed by atoms with Gasteiger partial charge in [-0.2, -0.15) is 0 Å². The molecule has 4 nitrogen and oxygen atoms in total. The van der Waals surface area contributed by atoms with Gasteiger partial charge in [0.15, 0.2) is 0 Å². The van der Waals surface area contributed by atoms with E-state index in [1.54, 1.807) is 0 Å². The Morgan fingerprint density at radius 3 is 2.42 bits per heavy atom. The summed E-state index contributed by atoms with van der Waals surface area (Å²) in [6.07, 6.45) is 1.86. The van der Waals surface area contributed by atoms with E-state index in [0.717, 1.165) is 31.9 Å². The summed E-state index contributed by atoms with van der Waals surface area (Å²) in [4.78, 5) is 4.47. The third kappa shape index (κ3) is 7.35. The molecule has 0 fully saturated rings. The zero-order valence-electron chi connectivity index (χ0n) is 13.3. The van der Waals surface area contributed by atoms with E-state index in [4.69, 9.17) is 4.42 Å². The number of nitrogens with one attached hydrogen (secondary N) is 1. The molecule has 0 radical (unpaired) electrons. The average molecular weight is 267 g/mol. The summed E-state index contributed by atoms with van der Waals surface area (Å²) in [6, 6.07) is 2.14. The molecule has 1 rings (SSSR count). The van der Waals surface area contributed by atoms with Gasteiger partial charge in [-0.05, 0) is 48.0 Å². The van der Waals surface area contributed by atoms with Crippen LogP contribution < -0.4 is 5.32 Å². The van der Waals surface area contributed by atoms with E-state index < -0.39 is 0 Å². The Morgan fingerprint density at radius 2 is 1.84 bits per heavy atom. The maximum atomic E-state index is 5.61. The van der Waals surface area contributed by atoms with Gasteiger partial charge in [0.2, 0.25) is 0 Å². The first-order chi connectivity index (χ1) is 8.76. The van der Waals surface area contributed by atoms with E-state index in [0.29, 0.717) is 0 Å². The summed E-state index contributed by atoms with van der Waals surface area (Å²) in [6.45, 7) is 10.3. The van der Waals surface area contributed by atoms with Crippen molar-refractivity contribution in [2.75, 3.05) is 34.2 Å². The predicted octanol–water partition coefficient (Wildman–Crippen LogP) is 2.16. The Kier molecular flexibility index (Phi) is 6.04. The minimum absolute atomic E-state index is 0.139. The molecule has 0 spiro atoms. The first-order valence-electron chi connectivity index (χ1n) is 6.91. The van der Waals surface area contributed by atoms with Gasteiger partial charge in [-0.15, -0.1) is 0 Å². The summed E-state index contributed by atoms with van der Waals surface area (Å²) in [5.74, 6) is 1.03. The molecule has 1 heterocycles. The fourth-order valence-electron chi connectivity index (χ4n) is 1.68. The first-order valence-corrected chi connectivity index (χ1v) is 6.91. The lowest BCUT2D eigenvalue weighted by molar-refractivity contribution is 0.258. The highest BCUT2D eigenvalue weighted by atomic mass is 16.3. The van der Waals surface area contributed by atoms with Gasteiger partial charge in [0.05, 0.1) is 12.8 Å². The molecular weight excluding hydrogens is 238 g/mol. The molecule has 1 aromatic heterocycles. The Labute approximate surface area is 117 Å². The van der Waals surface area contributed by atoms with Gasteiger partial charge in [0, 0.05) is 30.7 Å². The van der Waals surface area contributed by atoms with Gasteiger partial charge in [-0.3, -0.25) is 4.90 Å². The number of furan rings is 1. The quantitative estimate of drug-likeness (QED) is 0.820. The van der Waals surface area contributed by atoms with Crippen LogP contribution in [0.2, 0.25) is 0 Å². The van der Waals surface area contributed by atoms with Crippen LogP contribution in [-0.2, 0) is 13.1 Å². The Balaban J connectivity index is 2.38. The lowest BCUT2D eigenvalue weighted by atomic mass is 10.1. The zero-order valence-corrected chi connectivity index (χ0v) is 13.3. The van der Waals surface area contributed by atoms with Crippen molar-refractivity contribution in [3.8, 4) is 0 Å². The first kappa shape index (κ1) is 16.2. The van der Waals surface area contributed by atoms with Crippen molar-refractivity contribution in [1.29, 1.82) is 0 Å². The van der Waals surface area contributed by atoms with Crippen molar-refractivity contribution in [2.45, 2.75) is 39.4 Å². The van der Waals surface area contributed by atoms with Crippen LogP contribution in [-0.4, -0.2) is 49.6 Å². The van der Waals surface area contributed by atoms with E-state index in [-0.39, 0.29) is 5.54 Å². The zero-order chi connectivity index (χ0) is 14.5. The van der Waals surface area contributed by atoms with Crippen molar-refractivity contribution in [1.82, 2.24) is 15.1 Å². The Hall–Kier alpha value is -0.840. The normalized spacial score (nSPS) is 12.6. The molecule has 0 aliphatic rings. The third-order valence-electron chi connectivity index (χ3n) is 2.89. The van der Waals surface area contributed by atoms with E-state index in [1.165, 1.54) is 5.56 Å². The van der Waals surface area contributed by atoms with Crippen molar-refractivity contribution in [3.63, 3.8) is 0 Å². The number of rotatable bonds is 7. The fourth-order valence-corrected chi connectivity index (χ4v) is 1.68. The number of hydrogen-bond donors (Lipinski definition) is 1. The Bertz CT molecular complexity index is 366. The molecule has 110 valence electrons. The van der Waals surface area contributed by atoms with Crippen molar-refractivity contribution >= 4 is 0 Å². The summed E-state index contributed by atoms with van der Waals surface area (Å²) < 4.78 is 5.61. The topological polar surface area (TPSA) is 31.6 Å². The highest BCUT2D eigenvalue weighted by Gasteiger charge is 2.10.